The standard InChI is InChI=1S/C11H21N3O/c1-5-12-6-11(15)7-14-10(4)8(2)9(3)13-14/h11-12,15H,5-7H2,1-4H3. The summed E-state index contributed by atoms with van der Waals surface area (Å²) in [6.45, 7) is 10.2. The topological polar surface area (TPSA) is 50.1 Å². The number of hydrogen-bond acceptors (Lipinski definition) is 3. The summed E-state index contributed by atoms with van der Waals surface area (Å²) in [5.74, 6) is 0. The van der Waals surface area contributed by atoms with Gasteiger partial charge in [-0.05, 0) is 32.9 Å². The van der Waals surface area contributed by atoms with Crippen molar-refractivity contribution in [3.63, 3.8) is 0 Å². The van der Waals surface area contributed by atoms with Gasteiger partial charge in [-0.2, -0.15) is 5.10 Å². The lowest BCUT2D eigenvalue weighted by Crippen LogP contribution is -2.30. The summed E-state index contributed by atoms with van der Waals surface area (Å²) < 4.78 is 1.88. The highest BCUT2D eigenvalue weighted by Gasteiger charge is 2.10. The molecule has 0 fully saturated rings. The van der Waals surface area contributed by atoms with Crippen LogP contribution in [0.5, 0.6) is 0 Å². The maximum atomic E-state index is 9.73. The Bertz CT molecular complexity index is 320. The maximum Gasteiger partial charge on any atom is 0.0860 e. The molecule has 86 valence electrons. The number of rotatable bonds is 5. The van der Waals surface area contributed by atoms with Gasteiger partial charge in [-0.3, -0.25) is 4.68 Å². The molecule has 0 aromatic carbocycles. The fraction of sp³-hybridized carbons (Fsp3) is 0.727. The molecule has 1 heterocycles. The SMILES string of the molecule is CCNCC(O)Cn1nc(C)c(C)c1C. The summed E-state index contributed by atoms with van der Waals surface area (Å²) in [6, 6.07) is 0. The zero-order valence-electron chi connectivity index (χ0n) is 10.0. The molecule has 0 saturated heterocycles. The number of aliphatic hydroxyl groups is 1. The molecule has 0 aliphatic heterocycles. The maximum absolute atomic E-state index is 9.73. The lowest BCUT2D eigenvalue weighted by Gasteiger charge is -2.12. The second-order valence-corrected chi connectivity index (χ2v) is 3.94. The van der Waals surface area contributed by atoms with Crippen molar-refractivity contribution < 1.29 is 5.11 Å². The average molecular weight is 211 g/mol. The summed E-state index contributed by atoms with van der Waals surface area (Å²) in [5.41, 5.74) is 3.40. The Kier molecular flexibility index (Phi) is 4.29. The predicted molar refractivity (Wildman–Crippen MR) is 61.0 cm³/mol. The Balaban J connectivity index is 2.60. The summed E-state index contributed by atoms with van der Waals surface area (Å²) in [5, 5.41) is 17.2. The van der Waals surface area contributed by atoms with Crippen molar-refractivity contribution in [3.05, 3.63) is 17.0 Å². The molecular formula is C11H21N3O. The molecule has 1 rings (SSSR count). The van der Waals surface area contributed by atoms with E-state index in [0.29, 0.717) is 13.1 Å². The van der Waals surface area contributed by atoms with Crippen molar-refractivity contribution in [2.24, 2.45) is 0 Å². The highest BCUT2D eigenvalue weighted by Crippen LogP contribution is 2.11. The van der Waals surface area contributed by atoms with Gasteiger partial charge in [0.25, 0.3) is 0 Å². The molecule has 1 unspecified atom stereocenters. The highest BCUT2D eigenvalue weighted by molar-refractivity contribution is 5.22. The van der Waals surface area contributed by atoms with Crippen LogP contribution < -0.4 is 5.32 Å². The van der Waals surface area contributed by atoms with E-state index in [1.54, 1.807) is 0 Å². The third kappa shape index (κ3) is 3.04. The fourth-order valence-electron chi connectivity index (χ4n) is 1.54. The molecular weight excluding hydrogens is 190 g/mol. The summed E-state index contributed by atoms with van der Waals surface area (Å²) >= 11 is 0. The van der Waals surface area contributed by atoms with Gasteiger partial charge in [0.15, 0.2) is 0 Å². The summed E-state index contributed by atoms with van der Waals surface area (Å²) in [6.07, 6.45) is -0.373. The third-order valence-corrected chi connectivity index (χ3v) is 2.76. The number of hydrogen-bond donors (Lipinski definition) is 2. The van der Waals surface area contributed by atoms with E-state index in [9.17, 15) is 5.11 Å². The number of nitrogens with one attached hydrogen (secondary N) is 1. The smallest absolute Gasteiger partial charge is 0.0860 e. The molecule has 0 bridgehead atoms. The quantitative estimate of drug-likeness (QED) is 0.756. The molecule has 0 aliphatic carbocycles. The number of aromatic nitrogens is 2. The molecule has 1 aromatic heterocycles. The van der Waals surface area contributed by atoms with Crippen LogP contribution in [-0.4, -0.2) is 34.1 Å². The van der Waals surface area contributed by atoms with Crippen LogP contribution >= 0.6 is 0 Å². The van der Waals surface area contributed by atoms with Gasteiger partial charge >= 0.3 is 0 Å². The minimum atomic E-state index is -0.373. The Hall–Kier alpha value is -0.870. The van der Waals surface area contributed by atoms with Gasteiger partial charge in [0.1, 0.15) is 0 Å². The van der Waals surface area contributed by atoms with Crippen molar-refractivity contribution in [3.8, 4) is 0 Å². The molecule has 1 aromatic rings. The van der Waals surface area contributed by atoms with E-state index in [1.807, 2.05) is 25.5 Å². The van der Waals surface area contributed by atoms with Gasteiger partial charge in [-0.25, -0.2) is 0 Å². The van der Waals surface area contributed by atoms with Crippen molar-refractivity contribution in [2.75, 3.05) is 13.1 Å². The lowest BCUT2D eigenvalue weighted by molar-refractivity contribution is 0.146. The first-order valence-corrected chi connectivity index (χ1v) is 5.45. The van der Waals surface area contributed by atoms with Crippen LogP contribution in [0, 0.1) is 20.8 Å². The Morgan fingerprint density at radius 3 is 2.53 bits per heavy atom. The van der Waals surface area contributed by atoms with E-state index >= 15 is 0 Å². The van der Waals surface area contributed by atoms with E-state index in [4.69, 9.17) is 0 Å². The number of aliphatic hydroxyl groups excluding tert-OH is 1. The van der Waals surface area contributed by atoms with Crippen molar-refractivity contribution in [2.45, 2.75) is 40.3 Å². The molecule has 1 atom stereocenters. The van der Waals surface area contributed by atoms with Crippen molar-refractivity contribution in [1.82, 2.24) is 15.1 Å². The molecule has 0 aliphatic rings. The zero-order valence-corrected chi connectivity index (χ0v) is 10.0. The van der Waals surface area contributed by atoms with Crippen molar-refractivity contribution in [1.29, 1.82) is 0 Å². The largest absolute Gasteiger partial charge is 0.390 e. The molecule has 0 amide bonds. The molecule has 4 heteroatoms. The van der Waals surface area contributed by atoms with Gasteiger partial charge < -0.3 is 10.4 Å². The van der Waals surface area contributed by atoms with Crippen LogP contribution in [0.4, 0.5) is 0 Å². The molecule has 2 N–H and O–H groups in total. The van der Waals surface area contributed by atoms with Gasteiger partial charge in [-0.15, -0.1) is 0 Å². The van der Waals surface area contributed by atoms with E-state index in [0.717, 1.165) is 17.9 Å². The van der Waals surface area contributed by atoms with E-state index in [2.05, 4.69) is 17.3 Å². The second kappa shape index (κ2) is 5.28. The van der Waals surface area contributed by atoms with Crippen LogP contribution in [0.1, 0.15) is 23.9 Å². The fourth-order valence-corrected chi connectivity index (χ4v) is 1.54. The molecule has 0 saturated carbocycles. The monoisotopic (exact) mass is 211 g/mol. The molecule has 0 radical (unpaired) electrons. The Labute approximate surface area is 91.3 Å². The van der Waals surface area contributed by atoms with Crippen LogP contribution in [0.25, 0.3) is 0 Å². The highest BCUT2D eigenvalue weighted by atomic mass is 16.3. The van der Waals surface area contributed by atoms with Crippen LogP contribution in [0.15, 0.2) is 0 Å². The van der Waals surface area contributed by atoms with Crippen LogP contribution in [0.2, 0.25) is 0 Å². The first-order valence-electron chi connectivity index (χ1n) is 5.45. The minimum Gasteiger partial charge on any atom is -0.390 e. The number of nitrogens with zero attached hydrogens (tertiary/aromatic N) is 2. The van der Waals surface area contributed by atoms with Gasteiger partial charge in [-0.1, -0.05) is 6.92 Å². The second-order valence-electron chi connectivity index (χ2n) is 3.94. The van der Waals surface area contributed by atoms with Crippen LogP contribution in [-0.2, 0) is 6.54 Å². The molecule has 15 heavy (non-hydrogen) atoms. The molecule has 0 spiro atoms. The first-order chi connectivity index (χ1) is 7.06. The van der Waals surface area contributed by atoms with Gasteiger partial charge in [0.2, 0.25) is 0 Å². The van der Waals surface area contributed by atoms with Gasteiger partial charge in [0.05, 0.1) is 18.3 Å². The van der Waals surface area contributed by atoms with E-state index < -0.39 is 0 Å². The average Bonchev–Trinajstić information content (AvgIpc) is 2.43. The number of aryl methyl sites for hydroxylation is 1. The normalized spacial score (nSPS) is 13.1. The summed E-state index contributed by atoms with van der Waals surface area (Å²) in [7, 11) is 0. The summed E-state index contributed by atoms with van der Waals surface area (Å²) in [4.78, 5) is 0. The van der Waals surface area contributed by atoms with Gasteiger partial charge in [0, 0.05) is 12.2 Å². The minimum absolute atomic E-state index is 0.373. The lowest BCUT2D eigenvalue weighted by atomic mass is 10.2. The zero-order chi connectivity index (χ0) is 11.4. The predicted octanol–water partition coefficient (Wildman–Crippen LogP) is 0.779. The molecule has 4 nitrogen and oxygen atoms in total. The van der Waals surface area contributed by atoms with E-state index in [1.165, 1.54) is 5.56 Å². The third-order valence-electron chi connectivity index (χ3n) is 2.76. The number of likely N-dealkylation sites (N-methyl/N-ethyl adjacent to an activating group) is 1. The van der Waals surface area contributed by atoms with Crippen LogP contribution in [0.3, 0.4) is 0 Å². The first kappa shape index (κ1) is 12.2. The Morgan fingerprint density at radius 2 is 2.07 bits per heavy atom. The Morgan fingerprint density at radius 1 is 1.40 bits per heavy atom. The van der Waals surface area contributed by atoms with E-state index in [-0.39, 0.29) is 6.10 Å². The van der Waals surface area contributed by atoms with Crippen molar-refractivity contribution >= 4 is 0 Å².